The SMILES string of the molecule is Cc1cc([C@@H]2C[C@@H]3C[C@H]2[C@@H](C)C3(C)C)cc(C)c1O. The Morgan fingerprint density at radius 1 is 1.11 bits per heavy atom. The predicted molar refractivity (Wildman–Crippen MR) is 79.5 cm³/mol. The van der Waals surface area contributed by atoms with Gasteiger partial charge in [0.05, 0.1) is 0 Å². The number of phenols is 1. The molecule has 0 radical (unpaired) electrons. The Morgan fingerprint density at radius 3 is 2.16 bits per heavy atom. The van der Waals surface area contributed by atoms with E-state index in [9.17, 15) is 5.11 Å². The minimum absolute atomic E-state index is 0.472. The second kappa shape index (κ2) is 4.01. The third-order valence-corrected chi connectivity index (χ3v) is 6.42. The van der Waals surface area contributed by atoms with Gasteiger partial charge in [0.2, 0.25) is 0 Å². The van der Waals surface area contributed by atoms with E-state index >= 15 is 0 Å². The fraction of sp³-hybridized carbons (Fsp3) is 0.667. The molecule has 0 saturated heterocycles. The number of benzene rings is 1. The number of fused-ring (bicyclic) bond motifs is 2. The van der Waals surface area contributed by atoms with Crippen molar-refractivity contribution >= 4 is 0 Å². The highest BCUT2D eigenvalue weighted by Gasteiger charge is 2.55. The van der Waals surface area contributed by atoms with Crippen molar-refractivity contribution in [2.75, 3.05) is 0 Å². The van der Waals surface area contributed by atoms with Gasteiger partial charge in [-0.05, 0) is 72.5 Å². The number of hydrogen-bond acceptors (Lipinski definition) is 1. The van der Waals surface area contributed by atoms with Crippen LogP contribution in [-0.2, 0) is 0 Å². The molecule has 0 aliphatic heterocycles. The zero-order chi connectivity index (χ0) is 13.9. The lowest BCUT2D eigenvalue weighted by Gasteiger charge is -2.40. The van der Waals surface area contributed by atoms with Crippen molar-refractivity contribution in [3.63, 3.8) is 0 Å². The highest BCUT2D eigenvalue weighted by Crippen LogP contribution is 2.64. The summed E-state index contributed by atoms with van der Waals surface area (Å²) in [5.41, 5.74) is 4.04. The monoisotopic (exact) mass is 258 g/mol. The molecule has 1 aromatic carbocycles. The molecule has 2 bridgehead atoms. The van der Waals surface area contributed by atoms with E-state index in [0.29, 0.717) is 17.1 Å². The first kappa shape index (κ1) is 13.0. The van der Waals surface area contributed by atoms with Crippen LogP contribution in [0.3, 0.4) is 0 Å². The zero-order valence-corrected chi connectivity index (χ0v) is 12.8. The third kappa shape index (κ3) is 1.74. The van der Waals surface area contributed by atoms with Crippen LogP contribution < -0.4 is 0 Å². The van der Waals surface area contributed by atoms with Crippen LogP contribution in [0.5, 0.6) is 5.75 Å². The Morgan fingerprint density at radius 2 is 1.68 bits per heavy atom. The van der Waals surface area contributed by atoms with Crippen LogP contribution in [0.15, 0.2) is 12.1 Å². The van der Waals surface area contributed by atoms with Gasteiger partial charge in [-0.25, -0.2) is 0 Å². The van der Waals surface area contributed by atoms with Gasteiger partial charge in [0.25, 0.3) is 0 Å². The Labute approximate surface area is 117 Å². The molecule has 0 amide bonds. The molecule has 1 nitrogen and oxygen atoms in total. The first-order valence-corrected chi connectivity index (χ1v) is 7.62. The molecule has 19 heavy (non-hydrogen) atoms. The number of phenolic OH excluding ortho intramolecular Hbond substituents is 1. The fourth-order valence-corrected chi connectivity index (χ4v) is 4.74. The summed E-state index contributed by atoms with van der Waals surface area (Å²) in [4.78, 5) is 0. The highest BCUT2D eigenvalue weighted by atomic mass is 16.3. The third-order valence-electron chi connectivity index (χ3n) is 6.42. The van der Waals surface area contributed by atoms with Gasteiger partial charge in [-0.15, -0.1) is 0 Å². The van der Waals surface area contributed by atoms with Gasteiger partial charge >= 0.3 is 0 Å². The molecule has 2 aliphatic carbocycles. The maximum Gasteiger partial charge on any atom is 0.121 e. The van der Waals surface area contributed by atoms with Crippen LogP contribution in [0.25, 0.3) is 0 Å². The summed E-state index contributed by atoms with van der Waals surface area (Å²) in [6.45, 7) is 11.4. The summed E-state index contributed by atoms with van der Waals surface area (Å²) in [5, 5.41) is 9.94. The zero-order valence-electron chi connectivity index (χ0n) is 12.8. The molecule has 0 unspecified atom stereocenters. The van der Waals surface area contributed by atoms with Crippen LogP contribution in [0.1, 0.15) is 56.2 Å². The minimum Gasteiger partial charge on any atom is -0.507 e. The molecule has 1 aromatic rings. The maximum atomic E-state index is 9.94. The van der Waals surface area contributed by atoms with E-state index in [1.54, 1.807) is 0 Å². The lowest BCUT2D eigenvalue weighted by molar-refractivity contribution is 0.122. The molecule has 1 N–H and O–H groups in total. The van der Waals surface area contributed by atoms with E-state index in [1.807, 2.05) is 13.8 Å². The van der Waals surface area contributed by atoms with Gasteiger partial charge in [-0.3, -0.25) is 0 Å². The Bertz CT molecular complexity index is 487. The van der Waals surface area contributed by atoms with Crippen molar-refractivity contribution in [3.8, 4) is 5.75 Å². The number of rotatable bonds is 1. The molecular formula is C18H26O. The molecular weight excluding hydrogens is 232 g/mol. The molecule has 2 aliphatic rings. The van der Waals surface area contributed by atoms with Gasteiger partial charge in [0, 0.05) is 0 Å². The van der Waals surface area contributed by atoms with E-state index < -0.39 is 0 Å². The number of hydrogen-bond donors (Lipinski definition) is 1. The lowest BCUT2D eigenvalue weighted by Crippen LogP contribution is -2.32. The molecule has 3 rings (SSSR count). The second-order valence-corrected chi connectivity index (χ2v) is 7.55. The molecule has 2 saturated carbocycles. The van der Waals surface area contributed by atoms with Crippen LogP contribution in [0.2, 0.25) is 0 Å². The number of aromatic hydroxyl groups is 1. The minimum atomic E-state index is 0.472. The summed E-state index contributed by atoms with van der Waals surface area (Å²) in [5.74, 6) is 3.72. The van der Waals surface area contributed by atoms with Crippen molar-refractivity contribution < 1.29 is 5.11 Å². The largest absolute Gasteiger partial charge is 0.507 e. The van der Waals surface area contributed by atoms with Crippen molar-refractivity contribution in [2.45, 2.75) is 53.4 Å². The van der Waals surface area contributed by atoms with E-state index in [-0.39, 0.29) is 0 Å². The van der Waals surface area contributed by atoms with Gasteiger partial charge in [0.1, 0.15) is 5.75 Å². The van der Waals surface area contributed by atoms with Crippen LogP contribution in [0.4, 0.5) is 0 Å². The first-order chi connectivity index (χ1) is 8.82. The van der Waals surface area contributed by atoms with Crippen molar-refractivity contribution in [1.82, 2.24) is 0 Å². The topological polar surface area (TPSA) is 20.2 Å². The molecule has 2 fully saturated rings. The van der Waals surface area contributed by atoms with Gasteiger partial charge in [-0.2, -0.15) is 0 Å². The lowest BCUT2D eigenvalue weighted by atomic mass is 9.65. The first-order valence-electron chi connectivity index (χ1n) is 7.62. The van der Waals surface area contributed by atoms with E-state index in [2.05, 4.69) is 32.9 Å². The molecule has 4 atom stereocenters. The van der Waals surface area contributed by atoms with E-state index in [1.165, 1.54) is 18.4 Å². The molecule has 0 aromatic heterocycles. The van der Waals surface area contributed by atoms with Crippen LogP contribution in [0, 0.1) is 37.0 Å². The van der Waals surface area contributed by atoms with Crippen molar-refractivity contribution in [1.29, 1.82) is 0 Å². The van der Waals surface area contributed by atoms with Crippen molar-refractivity contribution in [3.05, 3.63) is 28.8 Å². The normalized spacial score (nSPS) is 35.8. The molecule has 0 spiro atoms. The average molecular weight is 258 g/mol. The molecule has 1 heteroatoms. The maximum absolute atomic E-state index is 9.94. The van der Waals surface area contributed by atoms with Gasteiger partial charge in [-0.1, -0.05) is 32.9 Å². The summed E-state index contributed by atoms with van der Waals surface area (Å²) in [7, 11) is 0. The summed E-state index contributed by atoms with van der Waals surface area (Å²) < 4.78 is 0. The number of aryl methyl sites for hydroxylation is 2. The van der Waals surface area contributed by atoms with Gasteiger partial charge in [0.15, 0.2) is 0 Å². The van der Waals surface area contributed by atoms with Crippen LogP contribution in [-0.4, -0.2) is 5.11 Å². The average Bonchev–Trinajstić information content (AvgIpc) is 2.86. The highest BCUT2D eigenvalue weighted by molar-refractivity contribution is 5.44. The van der Waals surface area contributed by atoms with Crippen LogP contribution >= 0.6 is 0 Å². The van der Waals surface area contributed by atoms with E-state index in [0.717, 1.165) is 28.9 Å². The Balaban J connectivity index is 1.95. The summed E-state index contributed by atoms with van der Waals surface area (Å²) in [6, 6.07) is 4.43. The predicted octanol–water partition coefficient (Wildman–Crippen LogP) is 4.79. The smallest absolute Gasteiger partial charge is 0.121 e. The summed E-state index contributed by atoms with van der Waals surface area (Å²) >= 11 is 0. The molecule has 104 valence electrons. The standard InChI is InChI=1S/C18H26O/c1-10-6-13(7-11(2)17(10)19)16-9-14-8-15(16)12(3)18(14,4)5/h6-7,12,14-16,19H,8-9H2,1-5H3/t12-,14+,15+,16+/m1/s1. The quantitative estimate of drug-likeness (QED) is 0.767. The van der Waals surface area contributed by atoms with E-state index in [4.69, 9.17) is 0 Å². The summed E-state index contributed by atoms with van der Waals surface area (Å²) in [6.07, 6.45) is 2.74. The Hall–Kier alpha value is -0.980. The molecule has 0 heterocycles. The van der Waals surface area contributed by atoms with Crippen molar-refractivity contribution in [2.24, 2.45) is 23.2 Å². The fourth-order valence-electron chi connectivity index (χ4n) is 4.74. The Kier molecular flexibility index (Phi) is 2.75. The van der Waals surface area contributed by atoms with Gasteiger partial charge < -0.3 is 5.11 Å². The second-order valence-electron chi connectivity index (χ2n) is 7.55.